The maximum absolute atomic E-state index is 13.5. The average molecular weight is 285 g/mol. The number of nitrogens with one attached hydrogen (secondary N) is 1. The maximum Gasteiger partial charge on any atom is 0.142 e. The van der Waals surface area contributed by atoms with Crippen LogP contribution in [0.4, 0.5) is 4.39 Å². The molecule has 1 N–H and O–H groups in total. The van der Waals surface area contributed by atoms with Gasteiger partial charge in [0, 0.05) is 12.6 Å². The summed E-state index contributed by atoms with van der Waals surface area (Å²) in [6.07, 6.45) is 4.95. The number of benzene rings is 1. The number of likely N-dealkylation sites (tertiary alicyclic amines) is 1. The molecule has 106 valence electrons. The van der Waals surface area contributed by atoms with Crippen molar-refractivity contribution in [1.82, 2.24) is 10.2 Å². The summed E-state index contributed by atoms with van der Waals surface area (Å²) >= 11 is 5.72. The molecule has 1 aromatic carbocycles. The molecule has 0 aromatic heterocycles. The molecule has 1 aromatic rings. The summed E-state index contributed by atoms with van der Waals surface area (Å²) < 4.78 is 13.5. The molecule has 4 heteroatoms. The lowest BCUT2D eigenvalue weighted by Crippen LogP contribution is -2.40. The predicted molar refractivity (Wildman–Crippen MR) is 78.0 cm³/mol. The van der Waals surface area contributed by atoms with E-state index >= 15 is 0 Å². The van der Waals surface area contributed by atoms with Crippen LogP contribution in [0, 0.1) is 5.82 Å². The van der Waals surface area contributed by atoms with Gasteiger partial charge in [-0.15, -0.1) is 0 Å². The molecular formula is C15H22ClFN2. The highest BCUT2D eigenvalue weighted by Gasteiger charge is 2.22. The van der Waals surface area contributed by atoms with E-state index < -0.39 is 0 Å². The van der Waals surface area contributed by atoms with Crippen LogP contribution in [0.3, 0.4) is 0 Å². The minimum Gasteiger partial charge on any atom is -0.320 e. The summed E-state index contributed by atoms with van der Waals surface area (Å²) in [4.78, 5) is 2.48. The summed E-state index contributed by atoms with van der Waals surface area (Å²) in [7, 11) is 1.99. The third kappa shape index (κ3) is 4.16. The normalized spacial score (nSPS) is 20.7. The number of halogens is 2. The lowest BCUT2D eigenvalue weighted by molar-refractivity contribution is 0.132. The van der Waals surface area contributed by atoms with Crippen molar-refractivity contribution in [1.29, 1.82) is 0 Å². The fourth-order valence-electron chi connectivity index (χ4n) is 2.78. The third-order valence-corrected chi connectivity index (χ3v) is 4.15. The van der Waals surface area contributed by atoms with E-state index in [0.717, 1.165) is 31.6 Å². The topological polar surface area (TPSA) is 15.3 Å². The highest BCUT2D eigenvalue weighted by molar-refractivity contribution is 6.30. The molecule has 1 atom stereocenters. The molecule has 2 rings (SSSR count). The van der Waals surface area contributed by atoms with E-state index in [9.17, 15) is 4.39 Å². The second-order valence-corrected chi connectivity index (χ2v) is 5.67. The number of rotatable bonds is 5. The minimum absolute atomic E-state index is 0.203. The maximum atomic E-state index is 13.5. The Labute approximate surface area is 119 Å². The standard InChI is InChI=1S/C15H22ClFN2/c1-18-8-7-13-4-2-3-9-19(13)11-12-5-6-14(16)15(17)10-12/h5-6,10,13,18H,2-4,7-9,11H2,1H3. The van der Waals surface area contributed by atoms with Crippen molar-refractivity contribution in [3.05, 3.63) is 34.6 Å². The smallest absolute Gasteiger partial charge is 0.142 e. The van der Waals surface area contributed by atoms with Gasteiger partial charge in [-0.3, -0.25) is 4.90 Å². The first-order valence-corrected chi connectivity index (χ1v) is 7.41. The number of hydrogen-bond donors (Lipinski definition) is 1. The Morgan fingerprint density at radius 1 is 1.42 bits per heavy atom. The molecule has 2 nitrogen and oxygen atoms in total. The zero-order valence-electron chi connectivity index (χ0n) is 11.5. The summed E-state index contributed by atoms with van der Waals surface area (Å²) in [5.41, 5.74) is 1.01. The molecule has 1 heterocycles. The SMILES string of the molecule is CNCCC1CCCCN1Cc1ccc(Cl)c(F)c1. The average Bonchev–Trinajstić information content (AvgIpc) is 2.42. The highest BCUT2D eigenvalue weighted by atomic mass is 35.5. The zero-order chi connectivity index (χ0) is 13.7. The molecule has 0 amide bonds. The molecule has 1 saturated heterocycles. The van der Waals surface area contributed by atoms with Gasteiger partial charge in [-0.05, 0) is 57.1 Å². The monoisotopic (exact) mass is 284 g/mol. The van der Waals surface area contributed by atoms with Gasteiger partial charge in [0.1, 0.15) is 5.82 Å². The van der Waals surface area contributed by atoms with E-state index in [1.54, 1.807) is 12.1 Å². The number of hydrogen-bond acceptors (Lipinski definition) is 2. The van der Waals surface area contributed by atoms with Gasteiger partial charge in [-0.25, -0.2) is 4.39 Å². The van der Waals surface area contributed by atoms with E-state index in [1.807, 2.05) is 13.1 Å². The van der Waals surface area contributed by atoms with Crippen molar-refractivity contribution in [3.8, 4) is 0 Å². The van der Waals surface area contributed by atoms with E-state index in [0.29, 0.717) is 6.04 Å². The summed E-state index contributed by atoms with van der Waals surface area (Å²) in [6, 6.07) is 5.75. The van der Waals surface area contributed by atoms with Crippen molar-refractivity contribution in [2.75, 3.05) is 20.1 Å². The molecule has 0 bridgehead atoms. The number of piperidine rings is 1. The lowest BCUT2D eigenvalue weighted by atomic mass is 9.98. The Hall–Kier alpha value is -0.640. The van der Waals surface area contributed by atoms with Gasteiger partial charge >= 0.3 is 0 Å². The largest absolute Gasteiger partial charge is 0.320 e. The molecule has 1 fully saturated rings. The van der Waals surface area contributed by atoms with E-state index in [2.05, 4.69) is 10.2 Å². The second kappa shape index (κ2) is 7.22. The first-order chi connectivity index (χ1) is 9.20. The van der Waals surface area contributed by atoms with Gasteiger partial charge in [0.25, 0.3) is 0 Å². The zero-order valence-corrected chi connectivity index (χ0v) is 12.2. The minimum atomic E-state index is -0.317. The molecule has 1 unspecified atom stereocenters. The van der Waals surface area contributed by atoms with Gasteiger partial charge < -0.3 is 5.32 Å². The first kappa shape index (κ1) is 14.8. The van der Waals surface area contributed by atoms with E-state index in [4.69, 9.17) is 11.6 Å². The van der Waals surface area contributed by atoms with Gasteiger partial charge in [0.15, 0.2) is 0 Å². The third-order valence-electron chi connectivity index (χ3n) is 3.85. The summed E-state index contributed by atoms with van der Waals surface area (Å²) in [5, 5.41) is 3.41. The van der Waals surface area contributed by atoms with Crippen LogP contribution in [0.1, 0.15) is 31.2 Å². The molecule has 19 heavy (non-hydrogen) atoms. The van der Waals surface area contributed by atoms with Crippen LogP contribution < -0.4 is 5.32 Å². The van der Waals surface area contributed by atoms with Crippen LogP contribution >= 0.6 is 11.6 Å². The van der Waals surface area contributed by atoms with Gasteiger partial charge in [0.05, 0.1) is 5.02 Å². The van der Waals surface area contributed by atoms with Gasteiger partial charge in [-0.2, -0.15) is 0 Å². The Kier molecular flexibility index (Phi) is 5.61. The molecule has 0 spiro atoms. The van der Waals surface area contributed by atoms with Crippen molar-refractivity contribution in [2.45, 2.75) is 38.3 Å². The molecule has 1 aliphatic rings. The van der Waals surface area contributed by atoms with Crippen LogP contribution in [0.15, 0.2) is 18.2 Å². The predicted octanol–water partition coefficient (Wildman–Crippen LogP) is 3.44. The Balaban J connectivity index is 1.99. The Morgan fingerprint density at radius 3 is 3.00 bits per heavy atom. The van der Waals surface area contributed by atoms with Crippen molar-refractivity contribution < 1.29 is 4.39 Å². The summed E-state index contributed by atoms with van der Waals surface area (Å²) in [5.74, 6) is -0.317. The molecule has 0 aliphatic carbocycles. The Bertz CT molecular complexity index is 411. The molecular weight excluding hydrogens is 263 g/mol. The van der Waals surface area contributed by atoms with Crippen LogP contribution in [0.5, 0.6) is 0 Å². The fourth-order valence-corrected chi connectivity index (χ4v) is 2.90. The van der Waals surface area contributed by atoms with E-state index in [-0.39, 0.29) is 10.8 Å². The van der Waals surface area contributed by atoms with Crippen LogP contribution in [0.25, 0.3) is 0 Å². The fraction of sp³-hybridized carbons (Fsp3) is 0.600. The van der Waals surface area contributed by atoms with Crippen molar-refractivity contribution in [3.63, 3.8) is 0 Å². The number of nitrogens with zero attached hydrogens (tertiary/aromatic N) is 1. The quantitative estimate of drug-likeness (QED) is 0.891. The first-order valence-electron chi connectivity index (χ1n) is 7.03. The lowest BCUT2D eigenvalue weighted by Gasteiger charge is -2.36. The highest BCUT2D eigenvalue weighted by Crippen LogP contribution is 2.23. The van der Waals surface area contributed by atoms with Crippen LogP contribution in [-0.4, -0.2) is 31.1 Å². The Morgan fingerprint density at radius 2 is 2.26 bits per heavy atom. The van der Waals surface area contributed by atoms with Crippen LogP contribution in [-0.2, 0) is 6.54 Å². The van der Waals surface area contributed by atoms with Crippen LogP contribution in [0.2, 0.25) is 5.02 Å². The van der Waals surface area contributed by atoms with Gasteiger partial charge in [0.2, 0.25) is 0 Å². The second-order valence-electron chi connectivity index (χ2n) is 5.26. The molecule has 0 saturated carbocycles. The van der Waals surface area contributed by atoms with Crippen molar-refractivity contribution in [2.24, 2.45) is 0 Å². The molecule has 0 radical (unpaired) electrons. The van der Waals surface area contributed by atoms with Gasteiger partial charge in [-0.1, -0.05) is 24.1 Å². The van der Waals surface area contributed by atoms with Crippen molar-refractivity contribution >= 4 is 11.6 Å². The van der Waals surface area contributed by atoms with E-state index in [1.165, 1.54) is 19.3 Å². The summed E-state index contributed by atoms with van der Waals surface area (Å²) in [6.45, 7) is 2.97. The molecule has 1 aliphatic heterocycles.